The lowest BCUT2D eigenvalue weighted by Gasteiger charge is -2.26. The molecule has 1 aromatic heterocycles. The second-order valence-corrected chi connectivity index (χ2v) is 9.22. The molecule has 2 heteroatoms. The van der Waals surface area contributed by atoms with E-state index in [1.54, 1.807) is 0 Å². The number of nitrogens with one attached hydrogen (secondary N) is 1. The molecule has 2 aromatic carbocycles. The molecule has 0 spiro atoms. The maximum Gasteiger partial charge on any atom is 0.128 e. The van der Waals surface area contributed by atoms with E-state index >= 15 is 0 Å². The number of H-pyrrole nitrogens is 1. The van der Waals surface area contributed by atoms with Crippen LogP contribution in [0.1, 0.15) is 89.8 Å². The summed E-state index contributed by atoms with van der Waals surface area (Å²) in [4.78, 5) is 3.56. The van der Waals surface area contributed by atoms with Gasteiger partial charge in [-0.1, -0.05) is 60.1 Å². The average molecular weight is 392 g/mol. The first-order valence-corrected chi connectivity index (χ1v) is 11.3. The first-order chi connectivity index (χ1) is 13.8. The molecule has 0 aliphatic rings. The third-order valence-electron chi connectivity index (χ3n) is 6.74. The van der Waals surface area contributed by atoms with Gasteiger partial charge in [0.05, 0.1) is 5.69 Å². The molecule has 1 atom stereocenters. The Morgan fingerprint density at radius 1 is 1.03 bits per heavy atom. The molecule has 0 aliphatic heterocycles. The number of hydrogen-bond acceptors (Lipinski definition) is 1. The van der Waals surface area contributed by atoms with Gasteiger partial charge in [0.15, 0.2) is 0 Å². The van der Waals surface area contributed by atoms with Crippen LogP contribution in [0.3, 0.4) is 0 Å². The highest BCUT2D eigenvalue weighted by Gasteiger charge is 2.24. The molecule has 0 bridgehead atoms. The molecular formula is C27H37NO. The van der Waals surface area contributed by atoms with Crippen molar-refractivity contribution in [1.29, 1.82) is 0 Å². The Balaban J connectivity index is 2.14. The maximum atomic E-state index is 11.2. The molecule has 3 aromatic rings. The fourth-order valence-corrected chi connectivity index (χ4v) is 3.92. The molecule has 0 fully saturated rings. The minimum Gasteiger partial charge on any atom is -0.507 e. The molecule has 0 aliphatic carbocycles. The number of hydrogen-bond donors (Lipinski definition) is 2. The van der Waals surface area contributed by atoms with E-state index in [2.05, 4.69) is 82.9 Å². The van der Waals surface area contributed by atoms with Crippen LogP contribution in [0, 0.1) is 0 Å². The highest BCUT2D eigenvalue weighted by molar-refractivity contribution is 5.88. The molecular weight excluding hydrogens is 354 g/mol. The standard InChI is InChI=1S/C27H37NO/c1-7-10-11-19-12-13-24-20(14-19)15-25(28-24)23-17-21(27(5,6)9-3)16-22(26(23)29)18(4)8-2/h12-18,28-29H,7-11H2,1-6H3. The van der Waals surface area contributed by atoms with Gasteiger partial charge in [-0.3, -0.25) is 0 Å². The quantitative estimate of drug-likeness (QED) is 0.400. The van der Waals surface area contributed by atoms with Crippen molar-refractivity contribution in [2.45, 2.75) is 85.0 Å². The van der Waals surface area contributed by atoms with Crippen molar-refractivity contribution in [2.75, 3.05) is 0 Å². The van der Waals surface area contributed by atoms with E-state index in [-0.39, 0.29) is 5.41 Å². The van der Waals surface area contributed by atoms with Gasteiger partial charge in [-0.05, 0) is 78.0 Å². The van der Waals surface area contributed by atoms with Crippen molar-refractivity contribution >= 4 is 10.9 Å². The van der Waals surface area contributed by atoms with Gasteiger partial charge in [0.2, 0.25) is 0 Å². The highest BCUT2D eigenvalue weighted by Crippen LogP contribution is 2.42. The molecule has 156 valence electrons. The lowest BCUT2D eigenvalue weighted by molar-refractivity contribution is 0.459. The second-order valence-electron chi connectivity index (χ2n) is 9.22. The van der Waals surface area contributed by atoms with Crippen LogP contribution in [0.25, 0.3) is 22.2 Å². The fourth-order valence-electron chi connectivity index (χ4n) is 3.92. The summed E-state index contributed by atoms with van der Waals surface area (Å²) in [5.74, 6) is 0.749. The summed E-state index contributed by atoms with van der Waals surface area (Å²) in [5.41, 5.74) is 6.87. The summed E-state index contributed by atoms with van der Waals surface area (Å²) in [5, 5.41) is 12.4. The van der Waals surface area contributed by atoms with Crippen LogP contribution in [0.15, 0.2) is 36.4 Å². The Labute approximate surface area is 176 Å². The largest absolute Gasteiger partial charge is 0.507 e. The van der Waals surface area contributed by atoms with Gasteiger partial charge < -0.3 is 10.1 Å². The summed E-state index contributed by atoms with van der Waals surface area (Å²) >= 11 is 0. The SMILES string of the molecule is CCCCc1ccc2[nH]c(-c3cc(C(C)(C)CC)cc(C(C)CC)c3O)cc2c1. The van der Waals surface area contributed by atoms with Crippen LogP contribution in [0.2, 0.25) is 0 Å². The third-order valence-corrected chi connectivity index (χ3v) is 6.74. The zero-order valence-electron chi connectivity index (χ0n) is 19.0. The Hall–Kier alpha value is -2.22. The number of aromatic hydroxyl groups is 1. The third kappa shape index (κ3) is 4.37. The average Bonchev–Trinajstić information content (AvgIpc) is 3.14. The molecule has 1 heterocycles. The summed E-state index contributed by atoms with van der Waals surface area (Å²) < 4.78 is 0. The fraction of sp³-hybridized carbons (Fsp3) is 0.481. The number of aromatic nitrogens is 1. The number of fused-ring (bicyclic) bond motifs is 1. The van der Waals surface area contributed by atoms with Gasteiger partial charge in [-0.25, -0.2) is 0 Å². The lowest BCUT2D eigenvalue weighted by Crippen LogP contribution is -2.16. The van der Waals surface area contributed by atoms with E-state index in [4.69, 9.17) is 0 Å². The number of rotatable bonds is 8. The van der Waals surface area contributed by atoms with Crippen LogP contribution in [-0.4, -0.2) is 10.1 Å². The second kappa shape index (κ2) is 8.65. The number of aryl methyl sites for hydroxylation is 1. The molecule has 3 rings (SSSR count). The van der Waals surface area contributed by atoms with E-state index in [0.717, 1.165) is 41.6 Å². The maximum absolute atomic E-state index is 11.2. The summed E-state index contributed by atoms with van der Waals surface area (Å²) in [6, 6.07) is 13.3. The van der Waals surface area contributed by atoms with E-state index < -0.39 is 0 Å². The van der Waals surface area contributed by atoms with Gasteiger partial charge in [-0.2, -0.15) is 0 Å². The molecule has 0 saturated carbocycles. The number of unbranched alkanes of at least 4 members (excludes halogenated alkanes) is 1. The number of benzene rings is 2. The highest BCUT2D eigenvalue weighted by atomic mass is 16.3. The Bertz CT molecular complexity index is 980. The number of phenolic OH excluding ortho intramolecular Hbond substituents is 1. The first-order valence-electron chi connectivity index (χ1n) is 11.3. The number of phenols is 1. The Kier molecular flexibility index (Phi) is 6.41. The van der Waals surface area contributed by atoms with Crippen molar-refractivity contribution < 1.29 is 5.11 Å². The normalized spacial score (nSPS) is 13.2. The molecule has 2 N–H and O–H groups in total. The monoisotopic (exact) mass is 391 g/mol. The predicted octanol–water partition coefficient (Wildman–Crippen LogP) is 8.08. The van der Waals surface area contributed by atoms with Crippen molar-refractivity contribution in [3.63, 3.8) is 0 Å². The van der Waals surface area contributed by atoms with Crippen LogP contribution >= 0.6 is 0 Å². The lowest BCUT2D eigenvalue weighted by atomic mass is 9.79. The first kappa shape index (κ1) is 21.5. The number of aromatic amines is 1. The van der Waals surface area contributed by atoms with Crippen molar-refractivity contribution in [1.82, 2.24) is 4.98 Å². The Morgan fingerprint density at radius 2 is 1.79 bits per heavy atom. The molecule has 2 nitrogen and oxygen atoms in total. The predicted molar refractivity (Wildman–Crippen MR) is 126 cm³/mol. The van der Waals surface area contributed by atoms with Crippen LogP contribution in [0.5, 0.6) is 5.75 Å². The van der Waals surface area contributed by atoms with Gasteiger partial charge >= 0.3 is 0 Å². The van der Waals surface area contributed by atoms with E-state index in [9.17, 15) is 5.11 Å². The molecule has 0 amide bonds. The van der Waals surface area contributed by atoms with E-state index in [1.807, 2.05) is 0 Å². The van der Waals surface area contributed by atoms with Gasteiger partial charge in [0.25, 0.3) is 0 Å². The smallest absolute Gasteiger partial charge is 0.128 e. The van der Waals surface area contributed by atoms with E-state index in [0.29, 0.717) is 11.7 Å². The van der Waals surface area contributed by atoms with Gasteiger partial charge in [0.1, 0.15) is 5.75 Å². The molecule has 29 heavy (non-hydrogen) atoms. The minimum atomic E-state index is 0.0734. The molecule has 1 unspecified atom stereocenters. The van der Waals surface area contributed by atoms with Crippen LogP contribution in [-0.2, 0) is 11.8 Å². The zero-order chi connectivity index (χ0) is 21.2. The zero-order valence-corrected chi connectivity index (χ0v) is 19.0. The topological polar surface area (TPSA) is 36.0 Å². The van der Waals surface area contributed by atoms with Crippen LogP contribution < -0.4 is 0 Å². The molecule has 0 saturated heterocycles. The van der Waals surface area contributed by atoms with Crippen molar-refractivity contribution in [2.24, 2.45) is 0 Å². The van der Waals surface area contributed by atoms with Crippen LogP contribution in [0.4, 0.5) is 0 Å². The van der Waals surface area contributed by atoms with Crippen molar-refractivity contribution in [3.8, 4) is 17.0 Å². The van der Waals surface area contributed by atoms with Crippen molar-refractivity contribution in [3.05, 3.63) is 53.1 Å². The summed E-state index contributed by atoms with van der Waals surface area (Å²) in [6.45, 7) is 13.4. The summed E-state index contributed by atoms with van der Waals surface area (Å²) in [7, 11) is 0. The summed E-state index contributed by atoms with van der Waals surface area (Å²) in [6.07, 6.45) is 5.62. The Morgan fingerprint density at radius 3 is 2.45 bits per heavy atom. The molecule has 0 radical (unpaired) electrons. The minimum absolute atomic E-state index is 0.0734. The van der Waals surface area contributed by atoms with Gasteiger partial charge in [-0.15, -0.1) is 0 Å². The van der Waals surface area contributed by atoms with Gasteiger partial charge in [0, 0.05) is 16.5 Å². The van der Waals surface area contributed by atoms with E-state index in [1.165, 1.54) is 29.4 Å².